The number of methoxy groups -OCH3 is 1. The van der Waals surface area contributed by atoms with Crippen molar-refractivity contribution in [1.82, 2.24) is 0 Å². The van der Waals surface area contributed by atoms with E-state index >= 15 is 0 Å². The van der Waals surface area contributed by atoms with Crippen LogP contribution in [0.3, 0.4) is 0 Å². The molecule has 0 saturated heterocycles. The summed E-state index contributed by atoms with van der Waals surface area (Å²) in [5.74, 6) is 0.799. The van der Waals surface area contributed by atoms with Crippen molar-refractivity contribution in [3.05, 3.63) is 63.2 Å². The molecule has 0 heterocycles. The number of nitrogens with zero attached hydrogens (tertiary/aromatic N) is 1. The van der Waals surface area contributed by atoms with Gasteiger partial charge in [-0.1, -0.05) is 35.9 Å². The summed E-state index contributed by atoms with van der Waals surface area (Å²) >= 11 is 6.02. The van der Waals surface area contributed by atoms with Crippen molar-refractivity contribution in [1.29, 1.82) is 0 Å². The van der Waals surface area contributed by atoms with Crippen LogP contribution in [0.15, 0.2) is 42.5 Å². The lowest BCUT2D eigenvalue weighted by Crippen LogP contribution is -2.08. The highest BCUT2D eigenvalue weighted by Gasteiger charge is 2.16. The van der Waals surface area contributed by atoms with Crippen LogP contribution >= 0.6 is 11.6 Å². The summed E-state index contributed by atoms with van der Waals surface area (Å²) in [5, 5.41) is 14.4. The highest BCUT2D eigenvalue weighted by Crippen LogP contribution is 2.31. The number of hydrogen-bond donors (Lipinski definition) is 1. The van der Waals surface area contributed by atoms with Gasteiger partial charge in [0.1, 0.15) is 11.4 Å². The highest BCUT2D eigenvalue weighted by molar-refractivity contribution is 6.33. The summed E-state index contributed by atoms with van der Waals surface area (Å²) < 4.78 is 5.27. The van der Waals surface area contributed by atoms with Crippen LogP contribution in [0, 0.1) is 10.1 Å². The summed E-state index contributed by atoms with van der Waals surface area (Å²) in [6.07, 6.45) is 0.673. The normalized spacial score (nSPS) is 10.2. The fourth-order valence-electron chi connectivity index (χ4n) is 2.07. The zero-order valence-electron chi connectivity index (χ0n) is 11.5. The molecule has 0 spiro atoms. The van der Waals surface area contributed by atoms with E-state index in [2.05, 4.69) is 5.32 Å². The first-order chi connectivity index (χ1) is 10.1. The Labute approximate surface area is 127 Å². The first-order valence-electron chi connectivity index (χ1n) is 6.42. The molecule has 0 aliphatic heterocycles. The van der Waals surface area contributed by atoms with Gasteiger partial charge in [0, 0.05) is 12.6 Å². The van der Waals surface area contributed by atoms with Crippen LogP contribution < -0.4 is 10.1 Å². The summed E-state index contributed by atoms with van der Waals surface area (Å²) in [4.78, 5) is 10.5. The molecule has 0 aliphatic rings. The van der Waals surface area contributed by atoms with Crippen LogP contribution in [0.5, 0.6) is 5.75 Å². The van der Waals surface area contributed by atoms with Crippen molar-refractivity contribution in [2.45, 2.75) is 6.42 Å². The molecule has 2 aromatic carbocycles. The van der Waals surface area contributed by atoms with Crippen molar-refractivity contribution < 1.29 is 9.66 Å². The SMILES string of the molecule is COc1ccccc1CCNc1c(Cl)cccc1[N+](=O)[O-]. The quantitative estimate of drug-likeness (QED) is 0.649. The maximum atomic E-state index is 11.0. The van der Waals surface area contributed by atoms with E-state index in [1.54, 1.807) is 19.2 Å². The first-order valence-corrected chi connectivity index (χ1v) is 6.80. The number of para-hydroxylation sites is 2. The third-order valence-electron chi connectivity index (χ3n) is 3.08. The first kappa shape index (κ1) is 15.1. The van der Waals surface area contributed by atoms with Gasteiger partial charge in [0.25, 0.3) is 5.69 Å². The minimum Gasteiger partial charge on any atom is -0.496 e. The molecule has 1 N–H and O–H groups in total. The van der Waals surface area contributed by atoms with E-state index in [0.29, 0.717) is 23.7 Å². The molecule has 0 bridgehead atoms. The lowest BCUT2D eigenvalue weighted by molar-refractivity contribution is -0.383. The van der Waals surface area contributed by atoms with Crippen LogP contribution in [0.4, 0.5) is 11.4 Å². The molecule has 2 rings (SSSR count). The molecule has 6 heteroatoms. The van der Waals surface area contributed by atoms with Crippen LogP contribution in [-0.2, 0) is 6.42 Å². The van der Waals surface area contributed by atoms with Crippen LogP contribution in [0.2, 0.25) is 5.02 Å². The standard InChI is InChI=1S/C15H15ClN2O3/c1-21-14-8-3-2-5-11(14)9-10-17-15-12(16)6-4-7-13(15)18(19)20/h2-8,17H,9-10H2,1H3. The van der Waals surface area contributed by atoms with Crippen molar-refractivity contribution >= 4 is 23.0 Å². The Kier molecular flexibility index (Phi) is 5.00. The molecule has 0 radical (unpaired) electrons. The van der Waals surface area contributed by atoms with Crippen LogP contribution in [-0.4, -0.2) is 18.6 Å². The van der Waals surface area contributed by atoms with Crippen molar-refractivity contribution in [3.63, 3.8) is 0 Å². The lowest BCUT2D eigenvalue weighted by atomic mass is 10.1. The number of nitro benzene ring substituents is 1. The highest BCUT2D eigenvalue weighted by atomic mass is 35.5. The number of nitro groups is 1. The molecular weight excluding hydrogens is 292 g/mol. The van der Waals surface area contributed by atoms with Gasteiger partial charge in [-0.05, 0) is 24.1 Å². The Balaban J connectivity index is 2.09. The molecule has 0 fully saturated rings. The Bertz CT molecular complexity index is 647. The molecular formula is C15H15ClN2O3. The molecule has 2 aromatic rings. The average molecular weight is 307 g/mol. The van der Waals surface area contributed by atoms with E-state index in [9.17, 15) is 10.1 Å². The van der Waals surface area contributed by atoms with Gasteiger partial charge in [0.2, 0.25) is 0 Å². The van der Waals surface area contributed by atoms with E-state index in [1.807, 2.05) is 24.3 Å². The van der Waals surface area contributed by atoms with Gasteiger partial charge in [-0.2, -0.15) is 0 Å². The topological polar surface area (TPSA) is 64.4 Å². The average Bonchev–Trinajstić information content (AvgIpc) is 2.49. The third-order valence-corrected chi connectivity index (χ3v) is 3.39. The number of hydrogen-bond acceptors (Lipinski definition) is 4. The van der Waals surface area contributed by atoms with Crippen molar-refractivity contribution in [3.8, 4) is 5.75 Å². The number of anilines is 1. The van der Waals surface area contributed by atoms with Gasteiger partial charge in [-0.25, -0.2) is 0 Å². The molecule has 0 unspecified atom stereocenters. The third kappa shape index (κ3) is 3.64. The second-order valence-electron chi connectivity index (χ2n) is 4.38. The lowest BCUT2D eigenvalue weighted by Gasteiger charge is -2.11. The number of benzene rings is 2. The predicted molar refractivity (Wildman–Crippen MR) is 83.3 cm³/mol. The van der Waals surface area contributed by atoms with Crippen molar-refractivity contribution in [2.24, 2.45) is 0 Å². The van der Waals surface area contributed by atoms with Gasteiger partial charge in [-0.15, -0.1) is 0 Å². The second-order valence-corrected chi connectivity index (χ2v) is 4.79. The molecule has 0 aromatic heterocycles. The van der Waals surface area contributed by atoms with Gasteiger partial charge in [-0.3, -0.25) is 10.1 Å². The Hall–Kier alpha value is -2.27. The Morgan fingerprint density at radius 2 is 2.00 bits per heavy atom. The summed E-state index contributed by atoms with van der Waals surface area (Å²) in [5.41, 5.74) is 1.35. The van der Waals surface area contributed by atoms with E-state index in [0.717, 1.165) is 11.3 Å². The maximum Gasteiger partial charge on any atom is 0.293 e. The van der Waals surface area contributed by atoms with E-state index in [1.165, 1.54) is 6.07 Å². The van der Waals surface area contributed by atoms with E-state index < -0.39 is 4.92 Å². The minimum atomic E-state index is -0.447. The van der Waals surface area contributed by atoms with Crippen LogP contribution in [0.25, 0.3) is 0 Å². The van der Waals surface area contributed by atoms with E-state index in [4.69, 9.17) is 16.3 Å². The Morgan fingerprint density at radius 1 is 1.24 bits per heavy atom. The zero-order chi connectivity index (χ0) is 15.2. The summed E-state index contributed by atoms with van der Waals surface area (Å²) in [6, 6.07) is 12.3. The predicted octanol–water partition coefficient (Wildman–Crippen LogP) is 3.91. The maximum absolute atomic E-state index is 11.0. The number of nitrogens with one attached hydrogen (secondary N) is 1. The molecule has 0 saturated carbocycles. The number of rotatable bonds is 6. The van der Waals surface area contributed by atoms with E-state index in [-0.39, 0.29) is 5.69 Å². The molecule has 21 heavy (non-hydrogen) atoms. The second kappa shape index (κ2) is 6.95. The molecule has 0 aliphatic carbocycles. The number of ether oxygens (including phenoxy) is 1. The van der Waals surface area contributed by atoms with Crippen molar-refractivity contribution in [2.75, 3.05) is 19.0 Å². The molecule has 5 nitrogen and oxygen atoms in total. The number of halogens is 1. The van der Waals surface area contributed by atoms with Gasteiger partial charge in [0.15, 0.2) is 0 Å². The van der Waals surface area contributed by atoms with Gasteiger partial charge in [0.05, 0.1) is 17.1 Å². The summed E-state index contributed by atoms with van der Waals surface area (Å²) in [7, 11) is 1.62. The van der Waals surface area contributed by atoms with Gasteiger partial charge >= 0.3 is 0 Å². The smallest absolute Gasteiger partial charge is 0.293 e. The molecule has 110 valence electrons. The largest absolute Gasteiger partial charge is 0.496 e. The van der Waals surface area contributed by atoms with Gasteiger partial charge < -0.3 is 10.1 Å². The molecule has 0 amide bonds. The Morgan fingerprint density at radius 3 is 2.71 bits per heavy atom. The monoisotopic (exact) mass is 306 g/mol. The molecule has 0 atom stereocenters. The fourth-order valence-corrected chi connectivity index (χ4v) is 2.31. The fraction of sp³-hybridized carbons (Fsp3) is 0.200. The summed E-state index contributed by atoms with van der Waals surface area (Å²) in [6.45, 7) is 0.519. The zero-order valence-corrected chi connectivity index (χ0v) is 12.3. The van der Waals surface area contributed by atoms with Crippen LogP contribution in [0.1, 0.15) is 5.56 Å². The minimum absolute atomic E-state index is 0.0254.